The Morgan fingerprint density at radius 2 is 2.07 bits per heavy atom. The van der Waals surface area contributed by atoms with Gasteiger partial charge in [0.05, 0.1) is 13.2 Å². The number of ether oxygens (including phenoxy) is 2. The number of carbonyl (C=O) groups is 1. The predicted octanol–water partition coefficient (Wildman–Crippen LogP) is 2.70. The van der Waals surface area contributed by atoms with Crippen LogP contribution in [0.4, 0.5) is 13.2 Å². The number of halogens is 3. The zero-order valence-electron chi connectivity index (χ0n) is 15.9. The van der Waals surface area contributed by atoms with Crippen LogP contribution in [0.3, 0.4) is 0 Å². The largest absolute Gasteiger partial charge is 0.484 e. The van der Waals surface area contributed by atoms with Crippen molar-refractivity contribution in [2.24, 2.45) is 10.2 Å². The molecule has 1 aromatic carbocycles. The summed E-state index contributed by atoms with van der Waals surface area (Å²) in [4.78, 5) is 13.8. The molecule has 0 aromatic heterocycles. The molecule has 0 bridgehead atoms. The van der Waals surface area contributed by atoms with Gasteiger partial charge >= 0.3 is 6.18 Å². The Morgan fingerprint density at radius 3 is 2.62 bits per heavy atom. The molecule has 1 unspecified atom stereocenters. The van der Waals surface area contributed by atoms with Crippen LogP contribution in [0.5, 0.6) is 5.75 Å². The summed E-state index contributed by atoms with van der Waals surface area (Å²) in [5, 5.41) is 15.5. The lowest BCUT2D eigenvalue weighted by atomic mass is 10.2. The number of alkyl halides is 3. The monoisotopic (exact) mass is 413 g/mol. The highest BCUT2D eigenvalue weighted by Gasteiger charge is 2.39. The average molecular weight is 413 g/mol. The van der Waals surface area contributed by atoms with Crippen molar-refractivity contribution in [3.8, 4) is 5.75 Å². The number of hydrogen-bond acceptors (Lipinski definition) is 6. The molecular formula is C19H22F3N3O4. The van der Waals surface area contributed by atoms with E-state index in [2.05, 4.69) is 16.9 Å². The minimum atomic E-state index is -4.65. The highest BCUT2D eigenvalue weighted by Crippen LogP contribution is 2.28. The van der Waals surface area contributed by atoms with E-state index in [1.54, 1.807) is 24.3 Å². The Kier molecular flexibility index (Phi) is 7.77. The fraction of sp³-hybridized carbons (Fsp3) is 0.421. The molecule has 1 amide bonds. The standard InChI is InChI=1S/C19H22F3N3O4/c1-3-16(19(20,21)22)18(24-23-2)29-15-8-9-25(10-15)17(27)12-28-14-6-4-13(11-26)5-7-14/h3-7,15,26H,2,8-12H2,1H3/b16-3+,24-18+. The minimum absolute atomic E-state index is 0.0929. The third kappa shape index (κ3) is 6.31. The topological polar surface area (TPSA) is 83.7 Å². The van der Waals surface area contributed by atoms with E-state index in [9.17, 15) is 18.0 Å². The Labute approximate surface area is 166 Å². The maximum Gasteiger partial charge on any atom is 0.421 e. The summed E-state index contributed by atoms with van der Waals surface area (Å²) in [6, 6.07) is 6.62. The summed E-state index contributed by atoms with van der Waals surface area (Å²) in [6.07, 6.45) is -4.11. The number of aliphatic hydroxyl groups excluding tert-OH is 1. The van der Waals surface area contributed by atoms with Crippen LogP contribution in [0.1, 0.15) is 18.9 Å². The van der Waals surface area contributed by atoms with Gasteiger partial charge in [0.15, 0.2) is 6.61 Å². The smallest absolute Gasteiger partial charge is 0.421 e. The summed E-state index contributed by atoms with van der Waals surface area (Å²) >= 11 is 0. The first kappa shape index (κ1) is 22.4. The third-order valence-corrected chi connectivity index (χ3v) is 4.23. The van der Waals surface area contributed by atoms with Crippen LogP contribution >= 0.6 is 0 Å². The molecule has 1 N–H and O–H groups in total. The lowest BCUT2D eigenvalue weighted by molar-refractivity contribution is -0.132. The number of aliphatic hydroxyl groups is 1. The first-order valence-electron chi connectivity index (χ1n) is 8.83. The van der Waals surface area contributed by atoms with Crippen LogP contribution in [-0.2, 0) is 16.1 Å². The summed E-state index contributed by atoms with van der Waals surface area (Å²) in [6.45, 7) is 4.41. The molecule has 1 aliphatic heterocycles. The van der Waals surface area contributed by atoms with Crippen LogP contribution in [0, 0.1) is 0 Å². The van der Waals surface area contributed by atoms with Crippen LogP contribution in [0.25, 0.3) is 0 Å². The number of amides is 1. The van der Waals surface area contributed by atoms with Crippen LogP contribution < -0.4 is 4.74 Å². The maximum atomic E-state index is 13.1. The molecule has 1 heterocycles. The first-order chi connectivity index (χ1) is 13.8. The summed E-state index contributed by atoms with van der Waals surface area (Å²) in [7, 11) is 0. The van der Waals surface area contributed by atoms with Crippen molar-refractivity contribution < 1.29 is 32.5 Å². The van der Waals surface area contributed by atoms with Gasteiger partial charge in [-0.15, -0.1) is 5.10 Å². The van der Waals surface area contributed by atoms with Gasteiger partial charge in [0.25, 0.3) is 5.91 Å². The zero-order valence-corrected chi connectivity index (χ0v) is 15.9. The van der Waals surface area contributed by atoms with E-state index in [4.69, 9.17) is 14.6 Å². The van der Waals surface area contributed by atoms with Gasteiger partial charge in [-0.3, -0.25) is 4.79 Å². The molecule has 10 heteroatoms. The minimum Gasteiger partial charge on any atom is -0.484 e. The SMILES string of the molecule is C=N/N=C(OC1CCN(C(=O)COc2ccc(CO)cc2)C1)\C(=C/C)C(F)(F)F. The fourth-order valence-electron chi connectivity index (χ4n) is 2.75. The van der Waals surface area contributed by atoms with Crippen LogP contribution in [0.2, 0.25) is 0 Å². The Balaban J connectivity index is 1.91. The Bertz CT molecular complexity index is 776. The maximum absolute atomic E-state index is 13.1. The molecular weight excluding hydrogens is 391 g/mol. The number of hydrogen-bond donors (Lipinski definition) is 1. The van der Waals surface area contributed by atoms with Crippen molar-refractivity contribution in [2.75, 3.05) is 19.7 Å². The molecule has 1 fully saturated rings. The normalized spacial score (nSPS) is 18.0. The van der Waals surface area contributed by atoms with Gasteiger partial charge in [-0.2, -0.15) is 18.3 Å². The van der Waals surface area contributed by atoms with Crippen LogP contribution in [-0.4, -0.2) is 60.5 Å². The van der Waals surface area contributed by atoms with E-state index in [0.717, 1.165) is 6.08 Å². The van der Waals surface area contributed by atoms with E-state index in [0.29, 0.717) is 24.3 Å². The second kappa shape index (κ2) is 10.1. The van der Waals surface area contributed by atoms with Gasteiger partial charge in [-0.25, -0.2) is 0 Å². The molecule has 1 aromatic rings. The van der Waals surface area contributed by atoms with Gasteiger partial charge in [-0.05, 0) is 24.6 Å². The first-order valence-corrected chi connectivity index (χ1v) is 8.83. The predicted molar refractivity (Wildman–Crippen MR) is 101 cm³/mol. The van der Waals surface area contributed by atoms with Gasteiger partial charge in [-0.1, -0.05) is 18.2 Å². The molecule has 1 saturated heterocycles. The second-order valence-electron chi connectivity index (χ2n) is 6.21. The van der Waals surface area contributed by atoms with E-state index in [1.807, 2.05) is 0 Å². The van der Waals surface area contributed by atoms with Crippen molar-refractivity contribution in [1.82, 2.24) is 4.90 Å². The number of carbonyl (C=O) groups excluding carboxylic acids is 1. The molecule has 1 aliphatic rings. The van der Waals surface area contributed by atoms with Crippen molar-refractivity contribution >= 4 is 18.5 Å². The summed E-state index contributed by atoms with van der Waals surface area (Å²) < 4.78 is 50.1. The van der Waals surface area contributed by atoms with Crippen LogP contribution in [0.15, 0.2) is 46.1 Å². The number of rotatable bonds is 7. The number of nitrogens with zero attached hydrogens (tertiary/aromatic N) is 3. The van der Waals surface area contributed by atoms with Gasteiger partial charge in [0, 0.05) is 19.7 Å². The third-order valence-electron chi connectivity index (χ3n) is 4.23. The zero-order chi connectivity index (χ0) is 21.4. The number of likely N-dealkylation sites (tertiary alicyclic amines) is 1. The molecule has 7 nitrogen and oxygen atoms in total. The fourth-order valence-corrected chi connectivity index (χ4v) is 2.75. The van der Waals surface area contributed by atoms with E-state index in [1.165, 1.54) is 11.8 Å². The number of benzene rings is 1. The number of allylic oxidation sites excluding steroid dienone is 1. The molecule has 0 saturated carbocycles. The Morgan fingerprint density at radius 1 is 1.38 bits per heavy atom. The highest BCUT2D eigenvalue weighted by molar-refractivity contribution is 5.95. The average Bonchev–Trinajstić information content (AvgIpc) is 3.14. The van der Waals surface area contributed by atoms with Crippen molar-refractivity contribution in [3.63, 3.8) is 0 Å². The molecule has 2 rings (SSSR count). The van der Waals surface area contributed by atoms with Crippen molar-refractivity contribution in [3.05, 3.63) is 41.5 Å². The van der Waals surface area contributed by atoms with E-state index >= 15 is 0 Å². The summed E-state index contributed by atoms with van der Waals surface area (Å²) in [5.74, 6) is -0.517. The molecule has 0 aliphatic carbocycles. The molecule has 158 valence electrons. The van der Waals surface area contributed by atoms with Gasteiger partial charge in [0.1, 0.15) is 17.4 Å². The van der Waals surface area contributed by atoms with E-state index in [-0.39, 0.29) is 25.7 Å². The summed E-state index contributed by atoms with van der Waals surface area (Å²) in [5.41, 5.74) is -0.335. The lowest BCUT2D eigenvalue weighted by Gasteiger charge is -2.19. The lowest BCUT2D eigenvalue weighted by Crippen LogP contribution is -2.35. The molecule has 0 radical (unpaired) electrons. The van der Waals surface area contributed by atoms with Crippen molar-refractivity contribution in [1.29, 1.82) is 0 Å². The molecule has 0 spiro atoms. The van der Waals surface area contributed by atoms with Gasteiger partial charge < -0.3 is 19.5 Å². The van der Waals surface area contributed by atoms with Gasteiger partial charge in [0.2, 0.25) is 5.90 Å². The van der Waals surface area contributed by atoms with Crippen molar-refractivity contribution in [2.45, 2.75) is 32.2 Å². The Hall–Kier alpha value is -2.88. The molecule has 1 atom stereocenters. The second-order valence-corrected chi connectivity index (χ2v) is 6.21. The quantitative estimate of drug-likeness (QED) is 0.423. The highest BCUT2D eigenvalue weighted by atomic mass is 19.4. The van der Waals surface area contributed by atoms with E-state index < -0.39 is 23.8 Å². The molecule has 29 heavy (non-hydrogen) atoms.